The van der Waals surface area contributed by atoms with Gasteiger partial charge in [0.25, 0.3) is 0 Å². The van der Waals surface area contributed by atoms with Crippen molar-refractivity contribution in [2.75, 3.05) is 134 Å². The molecule has 0 saturated carbocycles. The molecule has 0 bridgehead atoms. The number of benzene rings is 11. The minimum atomic E-state index is -0.808. The first kappa shape index (κ1) is 106. The highest BCUT2D eigenvalue weighted by atomic mass is 79.9. The van der Waals surface area contributed by atoms with E-state index in [0.29, 0.717) is 22.5 Å². The van der Waals surface area contributed by atoms with E-state index in [1.165, 1.54) is 166 Å². The van der Waals surface area contributed by atoms with Crippen LogP contribution in [0.3, 0.4) is 0 Å². The molecule has 17 heteroatoms. The van der Waals surface area contributed by atoms with Crippen molar-refractivity contribution in [1.82, 2.24) is 29.7 Å². The first-order chi connectivity index (χ1) is 57.5. The van der Waals surface area contributed by atoms with Crippen LogP contribution in [0.25, 0.3) is 77.8 Å². The van der Waals surface area contributed by atoms with Gasteiger partial charge in [0.05, 0.1) is 6.04 Å². The highest BCUT2D eigenvalue weighted by Crippen LogP contribution is 2.56. The zero-order chi connectivity index (χ0) is 90.9. The molecular formula is C104H130Br7N9S. The number of halogens is 7. The number of aromatic nitrogens is 4. The molecule has 646 valence electrons. The van der Waals surface area contributed by atoms with Crippen LogP contribution >= 0.6 is 119 Å². The predicted molar refractivity (Wildman–Crippen MR) is 566 cm³/mol. The smallest absolute Gasteiger partial charge is 0.229 e. The summed E-state index contributed by atoms with van der Waals surface area (Å²) >= 11 is 21.8. The van der Waals surface area contributed by atoms with E-state index in [9.17, 15) is 0 Å². The Hall–Kier alpha value is -7.13. The van der Waals surface area contributed by atoms with E-state index >= 15 is 0 Å². The lowest BCUT2D eigenvalue weighted by atomic mass is 9.96. The van der Waals surface area contributed by atoms with E-state index < -0.39 is 8.46 Å². The lowest BCUT2D eigenvalue weighted by Gasteiger charge is -2.23. The molecule has 0 radical (unpaired) electrons. The quantitative estimate of drug-likeness (QED) is 0.131. The number of anilines is 3. The monoisotopic (exact) mass is 2090 g/mol. The molecular weight excluding hydrogens is 1970 g/mol. The van der Waals surface area contributed by atoms with Crippen LogP contribution < -0.4 is 14.7 Å². The Bertz CT molecular complexity index is 5320. The van der Waals surface area contributed by atoms with Crippen LogP contribution in [0.5, 0.6) is 0 Å². The van der Waals surface area contributed by atoms with E-state index in [0.717, 1.165) is 17.5 Å². The van der Waals surface area contributed by atoms with Gasteiger partial charge >= 0.3 is 0 Å². The maximum atomic E-state index is 4.48. The van der Waals surface area contributed by atoms with Gasteiger partial charge in [-0.2, -0.15) is 18.4 Å². The number of pyridine rings is 1. The average Bonchev–Trinajstić information content (AvgIpc) is 1.61. The topological polar surface area (TPSA) is 67.8 Å². The van der Waals surface area contributed by atoms with Crippen LogP contribution in [0, 0.1) is 83.1 Å². The fourth-order valence-electron chi connectivity index (χ4n) is 14.2. The van der Waals surface area contributed by atoms with Crippen molar-refractivity contribution in [1.29, 1.82) is 0 Å². The van der Waals surface area contributed by atoms with Gasteiger partial charge in [0.2, 0.25) is 10.7 Å². The first-order valence-corrected chi connectivity index (χ1v) is 52.9. The summed E-state index contributed by atoms with van der Waals surface area (Å²) in [7, 11) is 21.8. The minimum absolute atomic E-state index is 0.398. The van der Waals surface area contributed by atoms with Crippen molar-refractivity contribution in [3.63, 3.8) is 0 Å². The van der Waals surface area contributed by atoms with Gasteiger partial charge in [-0.25, -0.2) is 4.98 Å². The Balaban J connectivity index is 0.000000296. The van der Waals surface area contributed by atoms with Crippen LogP contribution in [-0.4, -0.2) is 149 Å². The summed E-state index contributed by atoms with van der Waals surface area (Å²) in [5.74, 6) is 10.4. The summed E-state index contributed by atoms with van der Waals surface area (Å²) in [4.78, 5) is 29.1. The van der Waals surface area contributed by atoms with Crippen molar-refractivity contribution in [3.8, 4) is 67.0 Å². The third-order valence-corrected chi connectivity index (χ3v) is 22.7. The Kier molecular flexibility index (Phi) is 46.2. The average molecular weight is 2100 g/mol. The molecule has 15 rings (SSSR count). The van der Waals surface area contributed by atoms with Gasteiger partial charge in [-0.15, -0.1) is 0 Å². The Morgan fingerprint density at radius 3 is 1.17 bits per heavy atom. The maximum Gasteiger partial charge on any atom is 0.229 e. The standard InChI is InChI=1S/C19H17N.2C17H19N.C16H19BrS.C14H17N.C13H15BrN4.C3H9N.5CH3Br/c1-14-3-4-15(2)19(13-14)18-7-5-16(6-8-18)17-9-11-20-12-10-17;1-11-5-7-13-14-8-6-12(2)10-16(14)17(18(3)4)15(13)9-11;1-11-5-6-15-13(7-11)9-14-8-12(2)17(18(3)4)10-16(14)15;1-12-5-6-13(2)16(11-12)14-7-9-15(10-8-14)18(3,4)17;1-10-5-8-13-12(9-10)7-6-11(2)14(13)15(3)4;1-8-5-6-9(2)10(7-8)11-15-12(14)17-13(16-11)18(3)4;1-4(2)3;5*1-2/h3-13H,1-2H3;5-10,17H,1-4H3;5-8,10H,9H2,1-4H3;5-11H,1-4H3;5-9H,1-4H3;5-7H,1-4H3;1-3H3;5*1H3. The number of nitrogens with zero attached hydrogens (tertiary/aromatic N) is 9. The predicted octanol–water partition coefficient (Wildman–Crippen LogP) is 30.4. The number of rotatable bonds is 9. The molecule has 2 aliphatic carbocycles. The second-order valence-corrected chi connectivity index (χ2v) is 39.8. The van der Waals surface area contributed by atoms with Gasteiger partial charge in [0.1, 0.15) is 0 Å². The Labute approximate surface area is 788 Å². The first-order valence-electron chi connectivity index (χ1n) is 39.9. The molecule has 0 N–H and O–H groups in total. The number of fused-ring (bicyclic) bond motifs is 7. The molecule has 0 atom stereocenters. The molecule has 9 nitrogen and oxygen atoms in total. The van der Waals surface area contributed by atoms with Crippen molar-refractivity contribution < 1.29 is 0 Å². The van der Waals surface area contributed by atoms with Gasteiger partial charge < -0.3 is 19.6 Å². The lowest BCUT2D eigenvalue weighted by molar-refractivity contribution is 0.347. The molecule has 2 aromatic heterocycles. The molecule has 2 heterocycles. The summed E-state index contributed by atoms with van der Waals surface area (Å²) in [5, 5.41) is 2.66. The van der Waals surface area contributed by atoms with Crippen molar-refractivity contribution in [3.05, 3.63) is 318 Å². The van der Waals surface area contributed by atoms with Gasteiger partial charge in [-0.3, -0.25) is 9.88 Å². The van der Waals surface area contributed by atoms with E-state index in [1.54, 1.807) is 0 Å². The SMILES string of the molecule is CBr.CBr.CBr.CBr.CBr.CN(C)C.Cc1ccc(C)c(-c2ccc(-c3ccncc3)cc2)c1.Cc1ccc(C)c(-c2ccc(S(C)(C)Br)cc2)c1.Cc1ccc(C)c(-c2nc(Br)nc(N(C)C)n2)c1.Cc1ccc2c(N(C)C)c(C)ccc2c1.Cc1ccc2c(c1)C(N(C)C)c1cc(C)ccc1-2.Cc1ccc2c(c1)Cc1cc(C)c(N(C)C)cc1-2. The summed E-state index contributed by atoms with van der Waals surface area (Å²) < 4.78 is 0.553. The van der Waals surface area contributed by atoms with Crippen LogP contribution in [0.1, 0.15) is 95.1 Å². The summed E-state index contributed by atoms with van der Waals surface area (Å²) in [6.07, 6.45) is 9.24. The zero-order valence-corrected chi connectivity index (χ0v) is 89.1. The second kappa shape index (κ2) is 52.6. The Morgan fingerprint density at radius 1 is 0.331 bits per heavy atom. The summed E-state index contributed by atoms with van der Waals surface area (Å²) in [6, 6.07) is 77.7. The largest absolute Gasteiger partial charge is 0.377 e. The molecule has 121 heavy (non-hydrogen) atoms. The molecule has 0 saturated heterocycles. The third kappa shape index (κ3) is 31.2. The highest BCUT2D eigenvalue weighted by molar-refractivity contribution is 9.58. The number of aryl methyl sites for hydroxylation is 12. The fourth-order valence-corrected chi connectivity index (χ4v) is 16.0. The van der Waals surface area contributed by atoms with Crippen LogP contribution in [0.4, 0.5) is 17.3 Å². The zero-order valence-electron chi connectivity index (χ0n) is 77.2. The normalized spacial score (nSPS) is 10.9. The van der Waals surface area contributed by atoms with Crippen LogP contribution in [0.2, 0.25) is 0 Å². The van der Waals surface area contributed by atoms with E-state index in [4.69, 9.17) is 0 Å². The Morgan fingerprint density at radius 2 is 0.719 bits per heavy atom. The molecule has 0 amide bonds. The summed E-state index contributed by atoms with van der Waals surface area (Å²) in [6.45, 7) is 25.7. The van der Waals surface area contributed by atoms with Crippen LogP contribution in [0.15, 0.2) is 234 Å². The number of hydrogen-bond donors (Lipinski definition) is 0. The van der Waals surface area contributed by atoms with Gasteiger partial charge in [0.15, 0.2) is 5.82 Å². The molecule has 2 aliphatic rings. The van der Waals surface area contributed by atoms with E-state index in [-0.39, 0.29) is 0 Å². The third-order valence-electron chi connectivity index (χ3n) is 19.8. The van der Waals surface area contributed by atoms with Gasteiger partial charge in [0, 0.05) is 77.0 Å². The van der Waals surface area contributed by atoms with Crippen molar-refractivity contribution >= 4 is 147 Å². The molecule has 0 fully saturated rings. The molecule has 0 aliphatic heterocycles. The maximum absolute atomic E-state index is 4.48. The number of hydrogen-bond acceptors (Lipinski definition) is 9. The van der Waals surface area contributed by atoms with Crippen molar-refractivity contribution in [2.24, 2.45) is 0 Å². The van der Waals surface area contributed by atoms with Crippen molar-refractivity contribution in [2.45, 2.75) is 100 Å². The molecule has 0 spiro atoms. The molecule has 11 aromatic carbocycles. The van der Waals surface area contributed by atoms with Gasteiger partial charge in [-0.1, -0.05) is 295 Å². The minimum Gasteiger partial charge on any atom is -0.377 e. The number of alkyl halides is 5. The lowest BCUT2D eigenvalue weighted by Crippen LogP contribution is -2.19. The second-order valence-electron chi connectivity index (χ2n) is 31.4. The molecule has 13 aromatic rings. The van der Waals surface area contributed by atoms with E-state index in [2.05, 4.69) is 483 Å². The van der Waals surface area contributed by atoms with Crippen LogP contribution in [-0.2, 0) is 6.42 Å². The highest BCUT2D eigenvalue weighted by Gasteiger charge is 2.30. The summed E-state index contributed by atoms with van der Waals surface area (Å²) in [5.41, 5.74) is 38.4. The van der Waals surface area contributed by atoms with E-state index in [1.807, 2.05) is 98.7 Å². The fraction of sp³-hybridized carbons (Fsp3) is 0.308. The van der Waals surface area contributed by atoms with Gasteiger partial charge in [-0.05, 0) is 350 Å². The molecule has 0 unspecified atom stereocenters.